The zero-order valence-electron chi connectivity index (χ0n) is 10.3. The van der Waals surface area contributed by atoms with Crippen LogP contribution in [0.25, 0.3) is 0 Å². The lowest BCUT2D eigenvalue weighted by atomic mass is 10.0. The largest absolute Gasteiger partial charge is 0.496 e. The Labute approximate surface area is 128 Å². The molecule has 0 saturated heterocycles. The number of ether oxygens (including phenoxy) is 1. The Morgan fingerprint density at radius 1 is 1.20 bits per heavy atom. The van der Waals surface area contributed by atoms with Gasteiger partial charge in [-0.1, -0.05) is 17.7 Å². The number of halogens is 4. The Balaban J connectivity index is 2.52. The summed E-state index contributed by atoms with van der Waals surface area (Å²) in [6, 6.07) is 6.22. The van der Waals surface area contributed by atoms with Crippen molar-refractivity contribution >= 4 is 27.5 Å². The number of hydrogen-bond donors (Lipinski definition) is 1. The standard InChI is InChI=1S/C14H10BrClF2O2/c1-20-13-6-12(18)10(15)5-9(13)14(19)8-3-2-7(17)4-11(8)16/h2-6,14,19H,1H3. The first kappa shape index (κ1) is 15.2. The van der Waals surface area contributed by atoms with Gasteiger partial charge in [0.1, 0.15) is 23.5 Å². The molecular formula is C14H10BrClF2O2. The molecule has 20 heavy (non-hydrogen) atoms. The van der Waals surface area contributed by atoms with Crippen LogP contribution in [0.3, 0.4) is 0 Å². The molecule has 0 fully saturated rings. The highest BCUT2D eigenvalue weighted by Crippen LogP contribution is 2.36. The lowest BCUT2D eigenvalue weighted by molar-refractivity contribution is 0.214. The molecule has 0 aliphatic carbocycles. The van der Waals surface area contributed by atoms with Crippen LogP contribution in [-0.4, -0.2) is 12.2 Å². The average Bonchev–Trinajstić information content (AvgIpc) is 2.40. The van der Waals surface area contributed by atoms with Gasteiger partial charge in [0.05, 0.1) is 11.6 Å². The third-order valence-corrected chi connectivity index (χ3v) is 3.76. The Morgan fingerprint density at radius 3 is 2.50 bits per heavy atom. The number of aliphatic hydroxyl groups is 1. The summed E-state index contributed by atoms with van der Waals surface area (Å²) in [6.07, 6.45) is -1.16. The fourth-order valence-electron chi connectivity index (χ4n) is 1.83. The maximum absolute atomic E-state index is 13.5. The van der Waals surface area contributed by atoms with Crippen LogP contribution in [0, 0.1) is 11.6 Å². The molecule has 2 nitrogen and oxygen atoms in total. The highest BCUT2D eigenvalue weighted by atomic mass is 79.9. The Bertz CT molecular complexity index is 649. The van der Waals surface area contributed by atoms with E-state index >= 15 is 0 Å². The molecule has 0 heterocycles. The van der Waals surface area contributed by atoms with Crippen molar-refractivity contribution in [2.24, 2.45) is 0 Å². The van der Waals surface area contributed by atoms with Crippen molar-refractivity contribution in [3.05, 3.63) is 62.6 Å². The van der Waals surface area contributed by atoms with E-state index in [0.29, 0.717) is 11.1 Å². The fraction of sp³-hybridized carbons (Fsp3) is 0.143. The molecule has 6 heteroatoms. The van der Waals surface area contributed by atoms with E-state index in [2.05, 4.69) is 15.9 Å². The molecule has 1 atom stereocenters. The van der Waals surface area contributed by atoms with E-state index in [1.165, 1.54) is 25.3 Å². The summed E-state index contributed by atoms with van der Waals surface area (Å²) in [7, 11) is 1.37. The molecule has 0 bridgehead atoms. The van der Waals surface area contributed by atoms with Crippen molar-refractivity contribution in [1.29, 1.82) is 0 Å². The third-order valence-electron chi connectivity index (χ3n) is 2.82. The van der Waals surface area contributed by atoms with Gasteiger partial charge in [-0.05, 0) is 34.1 Å². The van der Waals surface area contributed by atoms with E-state index in [0.717, 1.165) is 12.1 Å². The van der Waals surface area contributed by atoms with E-state index in [1.54, 1.807) is 0 Å². The van der Waals surface area contributed by atoms with Gasteiger partial charge >= 0.3 is 0 Å². The normalized spacial score (nSPS) is 12.3. The number of rotatable bonds is 3. The van der Waals surface area contributed by atoms with Gasteiger partial charge in [0, 0.05) is 22.2 Å². The molecule has 1 N–H and O–H groups in total. The Kier molecular flexibility index (Phi) is 4.62. The number of aliphatic hydroxyl groups excluding tert-OH is 1. The van der Waals surface area contributed by atoms with Gasteiger partial charge in [-0.25, -0.2) is 8.78 Å². The van der Waals surface area contributed by atoms with Crippen LogP contribution >= 0.6 is 27.5 Å². The molecule has 0 amide bonds. The van der Waals surface area contributed by atoms with Gasteiger partial charge in [-0.15, -0.1) is 0 Å². The minimum absolute atomic E-state index is 0.0833. The summed E-state index contributed by atoms with van der Waals surface area (Å²) in [5.74, 6) is -0.834. The Morgan fingerprint density at radius 2 is 1.90 bits per heavy atom. The minimum Gasteiger partial charge on any atom is -0.496 e. The Hall–Kier alpha value is -1.17. The maximum atomic E-state index is 13.5. The summed E-state index contributed by atoms with van der Waals surface area (Å²) in [6.45, 7) is 0. The van der Waals surface area contributed by atoms with Crippen molar-refractivity contribution in [3.63, 3.8) is 0 Å². The van der Waals surface area contributed by atoms with Gasteiger partial charge in [-0.3, -0.25) is 0 Å². The second-order valence-electron chi connectivity index (χ2n) is 4.08. The smallest absolute Gasteiger partial charge is 0.141 e. The second kappa shape index (κ2) is 6.08. The van der Waals surface area contributed by atoms with Crippen LogP contribution in [0.5, 0.6) is 5.75 Å². The van der Waals surface area contributed by atoms with Crippen LogP contribution in [-0.2, 0) is 0 Å². The van der Waals surface area contributed by atoms with Crippen LogP contribution in [0.2, 0.25) is 5.02 Å². The number of hydrogen-bond acceptors (Lipinski definition) is 2. The highest BCUT2D eigenvalue weighted by molar-refractivity contribution is 9.10. The quantitative estimate of drug-likeness (QED) is 0.872. The SMILES string of the molecule is COc1cc(F)c(Br)cc1C(O)c1ccc(F)cc1Cl. The minimum atomic E-state index is -1.16. The molecular weight excluding hydrogens is 354 g/mol. The van der Waals surface area contributed by atoms with Gasteiger partial charge < -0.3 is 9.84 Å². The first-order valence-corrected chi connectivity index (χ1v) is 6.77. The molecule has 0 spiro atoms. The van der Waals surface area contributed by atoms with Gasteiger partial charge in [0.25, 0.3) is 0 Å². The summed E-state index contributed by atoms with van der Waals surface area (Å²) >= 11 is 8.96. The lowest BCUT2D eigenvalue weighted by Crippen LogP contribution is -2.04. The predicted octanol–water partition coefficient (Wildman–Crippen LogP) is 4.47. The molecule has 0 aromatic heterocycles. The predicted molar refractivity (Wildman–Crippen MR) is 76.1 cm³/mol. The van der Waals surface area contributed by atoms with Crippen molar-refractivity contribution in [2.75, 3.05) is 7.11 Å². The fourth-order valence-corrected chi connectivity index (χ4v) is 2.46. The molecule has 2 aromatic carbocycles. The molecule has 106 valence electrons. The molecule has 0 saturated carbocycles. The van der Waals surface area contributed by atoms with Gasteiger partial charge in [0.15, 0.2) is 0 Å². The van der Waals surface area contributed by atoms with E-state index in [4.69, 9.17) is 16.3 Å². The zero-order valence-corrected chi connectivity index (χ0v) is 12.7. The van der Waals surface area contributed by atoms with Crippen LogP contribution in [0.15, 0.2) is 34.8 Å². The molecule has 2 rings (SSSR count). The average molecular weight is 364 g/mol. The summed E-state index contributed by atoms with van der Waals surface area (Å²) in [5.41, 5.74) is 0.638. The van der Waals surface area contributed by atoms with E-state index in [9.17, 15) is 13.9 Å². The van der Waals surface area contributed by atoms with Gasteiger partial charge in [0.2, 0.25) is 0 Å². The molecule has 1 unspecified atom stereocenters. The van der Waals surface area contributed by atoms with E-state index in [1.807, 2.05) is 0 Å². The van der Waals surface area contributed by atoms with E-state index in [-0.39, 0.29) is 15.2 Å². The number of methoxy groups -OCH3 is 1. The number of benzene rings is 2. The summed E-state index contributed by atoms with van der Waals surface area (Å²) in [4.78, 5) is 0. The molecule has 0 radical (unpaired) electrons. The van der Waals surface area contributed by atoms with Crippen LogP contribution in [0.1, 0.15) is 17.2 Å². The third kappa shape index (κ3) is 2.95. The highest BCUT2D eigenvalue weighted by Gasteiger charge is 2.20. The van der Waals surface area contributed by atoms with Crippen molar-refractivity contribution < 1.29 is 18.6 Å². The molecule has 0 aliphatic rings. The van der Waals surface area contributed by atoms with Crippen LogP contribution in [0.4, 0.5) is 8.78 Å². The van der Waals surface area contributed by atoms with Crippen molar-refractivity contribution in [1.82, 2.24) is 0 Å². The molecule has 2 aromatic rings. The summed E-state index contributed by atoms with van der Waals surface area (Å²) in [5, 5.41) is 10.4. The van der Waals surface area contributed by atoms with Gasteiger partial charge in [-0.2, -0.15) is 0 Å². The van der Waals surface area contributed by atoms with Crippen molar-refractivity contribution in [3.8, 4) is 5.75 Å². The maximum Gasteiger partial charge on any atom is 0.141 e. The van der Waals surface area contributed by atoms with Crippen LogP contribution < -0.4 is 4.74 Å². The summed E-state index contributed by atoms with van der Waals surface area (Å²) < 4.78 is 31.7. The lowest BCUT2D eigenvalue weighted by Gasteiger charge is -2.17. The monoisotopic (exact) mass is 362 g/mol. The second-order valence-corrected chi connectivity index (χ2v) is 5.34. The zero-order chi connectivity index (χ0) is 14.9. The molecule has 0 aliphatic heterocycles. The topological polar surface area (TPSA) is 29.5 Å². The van der Waals surface area contributed by atoms with Crippen molar-refractivity contribution in [2.45, 2.75) is 6.10 Å². The first-order chi connectivity index (χ1) is 9.43. The first-order valence-electron chi connectivity index (χ1n) is 5.60. The van der Waals surface area contributed by atoms with E-state index < -0.39 is 17.7 Å².